The highest BCUT2D eigenvalue weighted by Crippen LogP contribution is 2.38. The van der Waals surface area contributed by atoms with Crippen LogP contribution in [0.2, 0.25) is 10.0 Å². The van der Waals surface area contributed by atoms with E-state index in [1.807, 2.05) is 0 Å². The number of nitrogens with zero attached hydrogens (tertiary/aromatic N) is 3. The number of nitro groups is 1. The van der Waals surface area contributed by atoms with Gasteiger partial charge in [0.1, 0.15) is 5.69 Å². The fourth-order valence-electron chi connectivity index (χ4n) is 1.88. The molecule has 0 saturated heterocycles. The number of hydrogen-bond acceptors (Lipinski definition) is 4. The number of carbonyl (C=O) groups excluding carboxylic acids is 1. The predicted octanol–water partition coefficient (Wildman–Crippen LogP) is 4.45. The van der Waals surface area contributed by atoms with Crippen molar-refractivity contribution < 1.29 is 22.9 Å². The molecule has 0 radical (unpaired) electrons. The molecular weight excluding hydrogens is 388 g/mol. The number of hydrogen-bond donors (Lipinski definition) is 1. The zero-order valence-corrected chi connectivity index (χ0v) is 13.9. The van der Waals surface area contributed by atoms with Gasteiger partial charge in [-0.2, -0.15) is 13.2 Å². The minimum atomic E-state index is -4.68. The Kier molecular flexibility index (Phi) is 5.23. The summed E-state index contributed by atoms with van der Waals surface area (Å²) in [4.78, 5) is 21.6. The average molecular weight is 397 g/mol. The highest BCUT2D eigenvalue weighted by atomic mass is 35.5. The highest BCUT2D eigenvalue weighted by Gasteiger charge is 2.33. The Hall–Kier alpha value is -2.33. The van der Waals surface area contributed by atoms with Crippen LogP contribution in [0.5, 0.6) is 0 Å². The number of benzene rings is 1. The summed E-state index contributed by atoms with van der Waals surface area (Å²) in [6.45, 7) is 1.54. The van der Waals surface area contributed by atoms with Gasteiger partial charge < -0.3 is 15.4 Å². The van der Waals surface area contributed by atoms with Crippen molar-refractivity contribution in [1.29, 1.82) is 0 Å². The van der Waals surface area contributed by atoms with Gasteiger partial charge in [0.05, 0.1) is 26.8 Å². The van der Waals surface area contributed by atoms with E-state index in [9.17, 15) is 28.1 Å². The normalized spacial score (nSPS) is 11.4. The van der Waals surface area contributed by atoms with Crippen LogP contribution >= 0.6 is 23.2 Å². The number of nitrogens with one attached hydrogen (secondary N) is 1. The van der Waals surface area contributed by atoms with Gasteiger partial charge in [-0.3, -0.25) is 4.79 Å². The van der Waals surface area contributed by atoms with Gasteiger partial charge in [-0.25, -0.2) is 0 Å². The van der Waals surface area contributed by atoms with Crippen molar-refractivity contribution in [1.82, 2.24) is 9.78 Å². The van der Waals surface area contributed by atoms with Gasteiger partial charge in [0.15, 0.2) is 5.82 Å². The van der Waals surface area contributed by atoms with Crippen LogP contribution in [0.15, 0.2) is 18.2 Å². The van der Waals surface area contributed by atoms with Gasteiger partial charge >= 0.3 is 12.0 Å². The number of carbonyl (C=O) groups is 1. The predicted molar refractivity (Wildman–Crippen MR) is 84.2 cm³/mol. The van der Waals surface area contributed by atoms with Gasteiger partial charge in [0.25, 0.3) is 0 Å². The van der Waals surface area contributed by atoms with Crippen molar-refractivity contribution in [3.05, 3.63) is 43.9 Å². The molecule has 0 spiro atoms. The third kappa shape index (κ3) is 4.02. The van der Waals surface area contributed by atoms with Crippen molar-refractivity contribution in [3.8, 4) is 5.69 Å². The van der Waals surface area contributed by atoms with Crippen LogP contribution < -0.4 is 5.32 Å². The van der Waals surface area contributed by atoms with Gasteiger partial charge in [-0.1, -0.05) is 30.1 Å². The smallest absolute Gasteiger partial charge is 0.358 e. The van der Waals surface area contributed by atoms with Gasteiger partial charge in [-0.05, 0) is 17.1 Å². The van der Waals surface area contributed by atoms with E-state index >= 15 is 0 Å². The topological polar surface area (TPSA) is 90.1 Å². The van der Waals surface area contributed by atoms with E-state index in [-0.39, 0.29) is 17.9 Å². The lowest BCUT2D eigenvalue weighted by Gasteiger charge is -2.12. The lowest BCUT2D eigenvalue weighted by molar-refractivity contribution is -0.389. The number of alkyl halides is 3. The first-order chi connectivity index (χ1) is 11.5. The molecule has 0 fully saturated rings. The summed E-state index contributed by atoms with van der Waals surface area (Å²) in [5.74, 6) is -1.28. The van der Waals surface area contributed by atoms with E-state index < -0.39 is 38.4 Å². The molecule has 0 unspecified atom stereocenters. The van der Waals surface area contributed by atoms with E-state index in [2.05, 4.69) is 10.4 Å². The molecule has 7 nitrogen and oxygen atoms in total. The number of halogens is 5. The van der Waals surface area contributed by atoms with Crippen LogP contribution in [0.4, 0.5) is 24.8 Å². The Morgan fingerprint density at radius 3 is 2.32 bits per heavy atom. The van der Waals surface area contributed by atoms with Gasteiger partial charge in [-0.15, -0.1) is 4.68 Å². The summed E-state index contributed by atoms with van der Waals surface area (Å²) in [7, 11) is 0. The molecule has 0 aliphatic carbocycles. The Bertz CT molecular complexity index is 829. The van der Waals surface area contributed by atoms with Crippen molar-refractivity contribution in [2.45, 2.75) is 19.5 Å². The van der Waals surface area contributed by atoms with Crippen LogP contribution in [0, 0.1) is 10.1 Å². The Labute approximate surface area is 148 Å². The van der Waals surface area contributed by atoms with E-state index in [0.717, 1.165) is 10.7 Å². The second kappa shape index (κ2) is 6.89. The molecule has 1 amide bonds. The monoisotopic (exact) mass is 396 g/mol. The van der Waals surface area contributed by atoms with Crippen molar-refractivity contribution in [3.63, 3.8) is 0 Å². The molecule has 1 aromatic heterocycles. The molecule has 1 aromatic carbocycles. The first-order valence-electron chi connectivity index (χ1n) is 6.65. The van der Waals surface area contributed by atoms with E-state index in [1.165, 1.54) is 0 Å². The SMILES string of the molecule is CCC(=O)Nc1cc([N+](=O)[O-])nn1-c1c(Cl)cc(C(F)(F)F)cc1Cl. The minimum absolute atomic E-state index is 0.0629. The molecule has 1 N–H and O–H groups in total. The second-order valence-corrected chi connectivity index (χ2v) is 5.56. The lowest BCUT2D eigenvalue weighted by Crippen LogP contribution is -2.14. The summed E-state index contributed by atoms with van der Waals surface area (Å²) in [6.07, 6.45) is -4.62. The quantitative estimate of drug-likeness (QED) is 0.610. The van der Waals surface area contributed by atoms with Gasteiger partial charge in [0, 0.05) is 6.42 Å². The maximum atomic E-state index is 12.8. The Morgan fingerprint density at radius 2 is 1.88 bits per heavy atom. The maximum absolute atomic E-state index is 12.8. The Balaban J connectivity index is 2.65. The molecule has 1 heterocycles. The summed E-state index contributed by atoms with van der Waals surface area (Å²) in [5.41, 5.74) is -1.32. The fraction of sp³-hybridized carbons (Fsp3) is 0.231. The van der Waals surface area contributed by atoms with Crippen LogP contribution in [0.1, 0.15) is 18.9 Å². The first-order valence-corrected chi connectivity index (χ1v) is 7.41. The fourth-order valence-corrected chi connectivity index (χ4v) is 2.53. The zero-order chi connectivity index (χ0) is 18.9. The lowest BCUT2D eigenvalue weighted by atomic mass is 10.2. The summed E-state index contributed by atoms with van der Waals surface area (Å²) >= 11 is 11.8. The van der Waals surface area contributed by atoms with Crippen LogP contribution in [-0.2, 0) is 11.0 Å². The molecule has 2 rings (SSSR count). The largest absolute Gasteiger partial charge is 0.416 e. The molecule has 0 atom stereocenters. The molecule has 0 aliphatic rings. The van der Waals surface area contributed by atoms with Crippen molar-refractivity contribution in [2.24, 2.45) is 0 Å². The standard InChI is InChI=1S/C13H9Cl2F3N4O3/c1-2-11(23)19-9-5-10(22(24)25)20-21(9)12-7(14)3-6(4-8(12)15)13(16,17)18/h3-5H,2H2,1H3,(H,19,23). The molecule has 12 heteroatoms. The molecule has 0 saturated carbocycles. The van der Waals surface area contributed by atoms with Crippen molar-refractivity contribution >= 4 is 40.7 Å². The molecular formula is C13H9Cl2F3N4O3. The number of anilines is 1. The summed E-state index contributed by atoms with van der Waals surface area (Å²) < 4.78 is 39.2. The summed E-state index contributed by atoms with van der Waals surface area (Å²) in [5, 5.41) is 16.0. The molecule has 0 bridgehead atoms. The van der Waals surface area contributed by atoms with Crippen molar-refractivity contribution in [2.75, 3.05) is 5.32 Å². The number of amides is 1. The molecule has 2 aromatic rings. The second-order valence-electron chi connectivity index (χ2n) is 4.74. The van der Waals surface area contributed by atoms with Crippen LogP contribution in [0.3, 0.4) is 0 Å². The molecule has 25 heavy (non-hydrogen) atoms. The first kappa shape index (κ1) is 19.0. The molecule has 134 valence electrons. The highest BCUT2D eigenvalue weighted by molar-refractivity contribution is 6.38. The zero-order valence-electron chi connectivity index (χ0n) is 12.4. The Morgan fingerprint density at radius 1 is 1.32 bits per heavy atom. The third-order valence-electron chi connectivity index (χ3n) is 3.03. The van der Waals surface area contributed by atoms with Crippen LogP contribution in [-0.4, -0.2) is 20.6 Å². The average Bonchev–Trinajstić information content (AvgIpc) is 2.89. The van der Waals surface area contributed by atoms with E-state index in [4.69, 9.17) is 23.2 Å². The van der Waals surface area contributed by atoms with Crippen LogP contribution in [0.25, 0.3) is 5.69 Å². The third-order valence-corrected chi connectivity index (χ3v) is 3.60. The minimum Gasteiger partial charge on any atom is -0.358 e. The van der Waals surface area contributed by atoms with Gasteiger partial charge in [0.2, 0.25) is 5.91 Å². The number of rotatable bonds is 4. The van der Waals surface area contributed by atoms with E-state index in [0.29, 0.717) is 12.1 Å². The van der Waals surface area contributed by atoms with E-state index in [1.54, 1.807) is 6.92 Å². The summed E-state index contributed by atoms with van der Waals surface area (Å²) in [6, 6.07) is 2.17. The molecule has 0 aliphatic heterocycles. The number of aromatic nitrogens is 2. The maximum Gasteiger partial charge on any atom is 0.416 e.